The monoisotopic (exact) mass is 487 g/mol. The number of aliphatic hydroxyl groups is 3. The van der Waals surface area contributed by atoms with Crippen LogP contribution in [-0.2, 0) is 17.0 Å². The van der Waals surface area contributed by atoms with Crippen molar-refractivity contribution >= 4 is 11.0 Å². The topological polar surface area (TPSA) is 149 Å². The fourth-order valence-corrected chi connectivity index (χ4v) is 3.97. The summed E-state index contributed by atoms with van der Waals surface area (Å²) >= 11 is 0. The molecule has 184 valence electrons. The fourth-order valence-electron chi connectivity index (χ4n) is 3.97. The molecular weight excluding hydrogens is 467 g/mol. The highest BCUT2D eigenvalue weighted by atomic mass is 19.4. The minimum absolute atomic E-state index is 0.0298. The number of halogens is 3. The molecule has 4 atom stereocenters. The average molecular weight is 487 g/mol. The quantitative estimate of drug-likeness (QED) is 0.461. The number of aliphatic hydroxyl groups excluding tert-OH is 3. The van der Waals surface area contributed by atoms with Gasteiger partial charge in [-0.15, -0.1) is 13.2 Å². The predicted molar refractivity (Wildman–Crippen MR) is 107 cm³/mol. The molecule has 3 aromatic rings. The highest BCUT2D eigenvalue weighted by Crippen LogP contribution is 2.40. The predicted octanol–water partition coefficient (Wildman–Crippen LogP) is 0.274. The van der Waals surface area contributed by atoms with Crippen molar-refractivity contribution in [2.45, 2.75) is 50.3 Å². The van der Waals surface area contributed by atoms with E-state index in [1.54, 1.807) is 0 Å². The van der Waals surface area contributed by atoms with Crippen molar-refractivity contribution in [1.29, 1.82) is 0 Å². The van der Waals surface area contributed by atoms with E-state index in [9.17, 15) is 38.1 Å². The molecule has 1 fully saturated rings. The molecule has 0 bridgehead atoms. The van der Waals surface area contributed by atoms with E-state index in [1.807, 2.05) is 0 Å². The number of ether oxygens (including phenoxy) is 2. The van der Waals surface area contributed by atoms with Crippen molar-refractivity contribution in [3.8, 4) is 5.75 Å². The van der Waals surface area contributed by atoms with Gasteiger partial charge in [-0.3, -0.25) is 13.9 Å². The summed E-state index contributed by atoms with van der Waals surface area (Å²) in [5.41, 5.74) is -5.13. The van der Waals surface area contributed by atoms with Gasteiger partial charge in [0.15, 0.2) is 11.3 Å². The summed E-state index contributed by atoms with van der Waals surface area (Å²) in [5.74, 6) is -0.547. The van der Waals surface area contributed by atoms with Gasteiger partial charge in [-0.25, -0.2) is 4.79 Å². The normalized spacial score (nSPS) is 27.4. The molecule has 34 heavy (non-hydrogen) atoms. The van der Waals surface area contributed by atoms with Crippen LogP contribution in [0.2, 0.25) is 0 Å². The Morgan fingerprint density at radius 1 is 1.18 bits per heavy atom. The summed E-state index contributed by atoms with van der Waals surface area (Å²) in [4.78, 5) is 25.7. The van der Waals surface area contributed by atoms with Gasteiger partial charge in [-0.2, -0.15) is 0 Å². The molecule has 2 unspecified atom stereocenters. The van der Waals surface area contributed by atoms with Crippen LogP contribution >= 0.6 is 0 Å². The highest BCUT2D eigenvalue weighted by Gasteiger charge is 2.59. The molecule has 1 saturated heterocycles. The molecule has 11 nitrogen and oxygen atoms in total. The van der Waals surface area contributed by atoms with Gasteiger partial charge in [-0.1, -0.05) is 5.16 Å². The van der Waals surface area contributed by atoms with Crippen LogP contribution in [0.5, 0.6) is 5.75 Å². The minimum Gasteiger partial charge on any atom is -0.406 e. The van der Waals surface area contributed by atoms with Crippen molar-refractivity contribution in [1.82, 2.24) is 14.3 Å². The zero-order chi connectivity index (χ0) is 25.1. The smallest absolute Gasteiger partial charge is 0.406 e. The van der Waals surface area contributed by atoms with E-state index in [1.165, 1.54) is 19.9 Å². The van der Waals surface area contributed by atoms with Gasteiger partial charge in [0.2, 0.25) is 0 Å². The maximum Gasteiger partial charge on any atom is 0.573 e. The lowest BCUT2D eigenvalue weighted by atomic mass is 9.96. The van der Waals surface area contributed by atoms with Crippen molar-refractivity contribution < 1.29 is 42.5 Å². The highest BCUT2D eigenvalue weighted by molar-refractivity contribution is 5.81. The molecule has 4 rings (SSSR count). The molecule has 3 heterocycles. The SMILES string of the molecule is CC1(CO)OC(C)(n2ccc(=O)n(Cc3noc4ccc(OC(F)(F)F)cc34)c2=O)[C@@H](O)[C@H]1O. The second-order valence-electron chi connectivity index (χ2n) is 8.24. The van der Waals surface area contributed by atoms with Crippen LogP contribution in [0.4, 0.5) is 13.2 Å². The summed E-state index contributed by atoms with van der Waals surface area (Å²) in [6.45, 7) is 1.48. The molecule has 3 N–H and O–H groups in total. The first-order valence-corrected chi connectivity index (χ1v) is 9.93. The molecule has 0 aliphatic carbocycles. The Bertz CT molecular complexity index is 1350. The summed E-state index contributed by atoms with van der Waals surface area (Å²) in [5, 5.41) is 34.3. The third-order valence-electron chi connectivity index (χ3n) is 5.83. The van der Waals surface area contributed by atoms with Crippen LogP contribution in [0.1, 0.15) is 19.5 Å². The molecule has 14 heteroatoms. The first kappa shape index (κ1) is 23.9. The number of hydrogen-bond acceptors (Lipinski definition) is 9. The minimum atomic E-state index is -4.93. The van der Waals surface area contributed by atoms with Crippen molar-refractivity contribution in [2.24, 2.45) is 0 Å². The molecule has 0 amide bonds. The number of nitrogens with zero attached hydrogens (tertiary/aromatic N) is 3. The Balaban J connectivity index is 1.76. The average Bonchev–Trinajstić information content (AvgIpc) is 3.23. The summed E-state index contributed by atoms with van der Waals surface area (Å²) < 4.78 is 53.9. The molecule has 2 aromatic heterocycles. The first-order valence-electron chi connectivity index (χ1n) is 9.93. The van der Waals surface area contributed by atoms with E-state index in [-0.39, 0.29) is 16.7 Å². The lowest BCUT2D eigenvalue weighted by Gasteiger charge is -2.31. The van der Waals surface area contributed by atoms with E-state index in [2.05, 4.69) is 9.89 Å². The van der Waals surface area contributed by atoms with Crippen LogP contribution in [-0.4, -0.2) is 60.4 Å². The number of fused-ring (bicyclic) bond motifs is 1. The lowest BCUT2D eigenvalue weighted by molar-refractivity contribution is -0.274. The lowest BCUT2D eigenvalue weighted by Crippen LogP contribution is -2.52. The number of benzene rings is 1. The number of hydrogen-bond donors (Lipinski definition) is 3. The number of rotatable bonds is 5. The Morgan fingerprint density at radius 2 is 1.88 bits per heavy atom. The molecule has 1 aliphatic heterocycles. The van der Waals surface area contributed by atoms with E-state index >= 15 is 0 Å². The van der Waals surface area contributed by atoms with E-state index < -0.39 is 60.0 Å². The maximum absolute atomic E-state index is 13.2. The second-order valence-corrected chi connectivity index (χ2v) is 8.24. The number of alkyl halides is 3. The zero-order valence-electron chi connectivity index (χ0n) is 17.8. The van der Waals surface area contributed by atoms with Gasteiger partial charge in [-0.05, 0) is 32.0 Å². The van der Waals surface area contributed by atoms with Crippen LogP contribution in [0.15, 0.2) is 44.6 Å². The van der Waals surface area contributed by atoms with Gasteiger partial charge in [0.05, 0.1) is 18.5 Å². The molecule has 1 aromatic carbocycles. The van der Waals surface area contributed by atoms with E-state index in [0.717, 1.165) is 29.0 Å². The van der Waals surface area contributed by atoms with Crippen LogP contribution in [0, 0.1) is 0 Å². The second kappa shape index (κ2) is 7.94. The molecule has 0 saturated carbocycles. The van der Waals surface area contributed by atoms with E-state index in [0.29, 0.717) is 4.57 Å². The largest absolute Gasteiger partial charge is 0.573 e. The summed E-state index contributed by atoms with van der Waals surface area (Å²) in [6, 6.07) is 4.23. The molecule has 1 aliphatic rings. The van der Waals surface area contributed by atoms with Gasteiger partial charge < -0.3 is 29.3 Å². The summed E-state index contributed by atoms with van der Waals surface area (Å²) in [7, 11) is 0. The Hall–Kier alpha value is -3.20. The first-order chi connectivity index (χ1) is 15.8. The number of aromatic nitrogens is 3. The molecule has 0 spiro atoms. The van der Waals surface area contributed by atoms with Gasteiger partial charge in [0.1, 0.15) is 29.3 Å². The van der Waals surface area contributed by atoms with Crippen LogP contribution in [0.3, 0.4) is 0 Å². The zero-order valence-corrected chi connectivity index (χ0v) is 17.8. The van der Waals surface area contributed by atoms with Crippen molar-refractivity contribution in [3.63, 3.8) is 0 Å². The van der Waals surface area contributed by atoms with Crippen molar-refractivity contribution in [3.05, 3.63) is 57.0 Å². The Kier molecular flexibility index (Phi) is 5.59. The van der Waals surface area contributed by atoms with E-state index in [4.69, 9.17) is 9.26 Å². The maximum atomic E-state index is 13.2. The molecular formula is C20H20F3N3O8. The van der Waals surface area contributed by atoms with Gasteiger partial charge in [0, 0.05) is 12.3 Å². The summed E-state index contributed by atoms with van der Waals surface area (Å²) in [6.07, 6.45) is -7.07. The van der Waals surface area contributed by atoms with Crippen LogP contribution < -0.4 is 16.0 Å². The molecule has 0 radical (unpaired) electrons. The Labute approximate surface area is 188 Å². The third kappa shape index (κ3) is 3.87. The fraction of sp³-hybridized carbons (Fsp3) is 0.450. The van der Waals surface area contributed by atoms with Crippen molar-refractivity contribution in [2.75, 3.05) is 6.61 Å². The van der Waals surface area contributed by atoms with Crippen LogP contribution in [0.25, 0.3) is 11.0 Å². The Morgan fingerprint density at radius 3 is 2.50 bits per heavy atom. The van der Waals surface area contributed by atoms with Gasteiger partial charge >= 0.3 is 12.1 Å². The standard InChI is InChI=1S/C20H20F3N3O8/c1-18(9-27)15(29)16(30)19(2,34-18)26-6-5-14(28)25(17(26)31)8-12-11-7-10(32-20(21,22)23)3-4-13(11)33-24-12/h3-7,15-16,27,29-30H,8-9H2,1-2H3/t15-,16+,18?,19?/m1/s1. The third-order valence-corrected chi connectivity index (χ3v) is 5.83. The van der Waals surface area contributed by atoms with Gasteiger partial charge in [0.25, 0.3) is 5.56 Å².